The molecule has 0 saturated heterocycles. The Kier molecular flexibility index (Phi) is 4.03. The van der Waals surface area contributed by atoms with Crippen LogP contribution in [0.1, 0.15) is 22.7 Å². The Morgan fingerprint density at radius 2 is 1.95 bits per heavy atom. The molecule has 1 unspecified atom stereocenters. The Labute approximate surface area is 117 Å². The van der Waals surface area contributed by atoms with Gasteiger partial charge in [-0.15, -0.1) is 0 Å². The fourth-order valence-corrected chi connectivity index (χ4v) is 2.09. The first-order valence-electron chi connectivity index (χ1n) is 6.29. The lowest BCUT2D eigenvalue weighted by atomic mass is 9.98. The lowest BCUT2D eigenvalue weighted by molar-refractivity contribution is -0.138. The van der Waals surface area contributed by atoms with Gasteiger partial charge in [-0.1, -0.05) is 29.8 Å². The first-order valence-corrected chi connectivity index (χ1v) is 6.29. The smallest absolute Gasteiger partial charge is 0.330 e. The van der Waals surface area contributed by atoms with Crippen LogP contribution in [0, 0.1) is 19.7 Å². The van der Waals surface area contributed by atoms with Crippen LogP contribution in [0.4, 0.5) is 10.1 Å². The maximum Gasteiger partial charge on any atom is 0.330 e. The largest absolute Gasteiger partial charge is 0.479 e. The van der Waals surface area contributed by atoms with E-state index in [9.17, 15) is 14.3 Å². The van der Waals surface area contributed by atoms with Crippen molar-refractivity contribution in [3.63, 3.8) is 0 Å². The van der Waals surface area contributed by atoms with Gasteiger partial charge in [0.05, 0.1) is 0 Å². The molecule has 1 atom stereocenters. The number of nitrogens with one attached hydrogen (secondary N) is 1. The third-order valence-electron chi connectivity index (χ3n) is 3.13. The van der Waals surface area contributed by atoms with Gasteiger partial charge in [0.1, 0.15) is 5.82 Å². The lowest BCUT2D eigenvalue weighted by Crippen LogP contribution is -2.21. The molecular formula is C16H16FNO2. The van der Waals surface area contributed by atoms with Crippen LogP contribution in [0.5, 0.6) is 0 Å². The van der Waals surface area contributed by atoms with E-state index < -0.39 is 17.8 Å². The number of anilines is 1. The predicted molar refractivity (Wildman–Crippen MR) is 76.3 cm³/mol. The van der Waals surface area contributed by atoms with Crippen molar-refractivity contribution in [1.29, 1.82) is 0 Å². The van der Waals surface area contributed by atoms with Crippen LogP contribution >= 0.6 is 0 Å². The fraction of sp³-hybridized carbons (Fsp3) is 0.188. The van der Waals surface area contributed by atoms with Gasteiger partial charge in [-0.2, -0.15) is 0 Å². The van der Waals surface area contributed by atoms with Gasteiger partial charge in [0.2, 0.25) is 0 Å². The minimum absolute atomic E-state index is 0.403. The molecular weight excluding hydrogens is 257 g/mol. The van der Waals surface area contributed by atoms with Crippen molar-refractivity contribution in [2.75, 3.05) is 5.32 Å². The molecule has 0 aliphatic rings. The molecule has 4 heteroatoms. The maximum absolute atomic E-state index is 13.2. The molecule has 0 heterocycles. The van der Waals surface area contributed by atoms with Gasteiger partial charge in [-0.05, 0) is 43.2 Å². The molecule has 2 aromatic carbocycles. The summed E-state index contributed by atoms with van der Waals surface area (Å²) < 4.78 is 13.2. The molecule has 3 nitrogen and oxygen atoms in total. The molecule has 0 amide bonds. The molecule has 20 heavy (non-hydrogen) atoms. The minimum atomic E-state index is -0.997. The molecule has 0 aliphatic carbocycles. The molecule has 0 aliphatic heterocycles. The second-order valence-electron chi connectivity index (χ2n) is 4.79. The first kappa shape index (κ1) is 14.1. The summed E-state index contributed by atoms with van der Waals surface area (Å²) >= 11 is 0. The van der Waals surface area contributed by atoms with Gasteiger partial charge in [-0.25, -0.2) is 9.18 Å². The van der Waals surface area contributed by atoms with Crippen LogP contribution in [0.25, 0.3) is 0 Å². The number of hydrogen-bond acceptors (Lipinski definition) is 2. The van der Waals surface area contributed by atoms with Crippen molar-refractivity contribution < 1.29 is 14.3 Å². The quantitative estimate of drug-likeness (QED) is 0.893. The third kappa shape index (κ3) is 3.15. The number of hydrogen-bond donors (Lipinski definition) is 2. The SMILES string of the molecule is Cc1ccc(C)c(C(Nc2cccc(F)c2)C(=O)O)c1. The van der Waals surface area contributed by atoms with Crippen LogP contribution in [0.3, 0.4) is 0 Å². The summed E-state index contributed by atoms with van der Waals surface area (Å²) in [5.74, 6) is -1.40. The Hall–Kier alpha value is -2.36. The van der Waals surface area contributed by atoms with Gasteiger partial charge in [0.25, 0.3) is 0 Å². The second-order valence-corrected chi connectivity index (χ2v) is 4.79. The van der Waals surface area contributed by atoms with E-state index in [2.05, 4.69) is 5.32 Å². The summed E-state index contributed by atoms with van der Waals surface area (Å²) in [6.07, 6.45) is 0. The van der Waals surface area contributed by atoms with Crippen molar-refractivity contribution in [3.8, 4) is 0 Å². The molecule has 0 fully saturated rings. The van der Waals surface area contributed by atoms with Gasteiger partial charge in [-0.3, -0.25) is 0 Å². The molecule has 0 spiro atoms. The van der Waals surface area contributed by atoms with Crippen LogP contribution in [-0.2, 0) is 4.79 Å². The van der Waals surface area contributed by atoms with Crippen LogP contribution < -0.4 is 5.32 Å². The Balaban J connectivity index is 2.37. The molecule has 0 radical (unpaired) electrons. The maximum atomic E-state index is 13.2. The van der Waals surface area contributed by atoms with Gasteiger partial charge in [0.15, 0.2) is 6.04 Å². The number of halogens is 1. The second kappa shape index (κ2) is 5.74. The van der Waals surface area contributed by atoms with Crippen LogP contribution in [0.15, 0.2) is 42.5 Å². The highest BCUT2D eigenvalue weighted by Crippen LogP contribution is 2.24. The van der Waals surface area contributed by atoms with Crippen molar-refractivity contribution in [3.05, 3.63) is 65.0 Å². The number of carboxylic acid groups (broad SMARTS) is 1. The van der Waals surface area contributed by atoms with Crippen LogP contribution in [0.2, 0.25) is 0 Å². The monoisotopic (exact) mass is 273 g/mol. The molecule has 0 saturated carbocycles. The van der Waals surface area contributed by atoms with Crippen molar-refractivity contribution in [2.45, 2.75) is 19.9 Å². The van der Waals surface area contributed by atoms with E-state index in [1.54, 1.807) is 12.1 Å². The van der Waals surface area contributed by atoms with Gasteiger partial charge < -0.3 is 10.4 Å². The van der Waals surface area contributed by atoms with E-state index in [1.807, 2.05) is 32.0 Å². The number of aryl methyl sites for hydroxylation is 2. The third-order valence-corrected chi connectivity index (χ3v) is 3.13. The number of carboxylic acids is 1. The first-order chi connectivity index (χ1) is 9.47. The highest BCUT2D eigenvalue weighted by Gasteiger charge is 2.21. The highest BCUT2D eigenvalue weighted by molar-refractivity contribution is 5.80. The number of benzene rings is 2. The van der Waals surface area contributed by atoms with Gasteiger partial charge in [0, 0.05) is 5.69 Å². The molecule has 104 valence electrons. The predicted octanol–water partition coefficient (Wildman–Crippen LogP) is 3.68. The summed E-state index contributed by atoms with van der Waals surface area (Å²) in [4.78, 5) is 11.5. The normalized spacial score (nSPS) is 11.9. The van der Waals surface area contributed by atoms with E-state index in [-0.39, 0.29) is 0 Å². The Morgan fingerprint density at radius 1 is 1.20 bits per heavy atom. The molecule has 0 aromatic heterocycles. The van der Waals surface area contributed by atoms with Crippen molar-refractivity contribution >= 4 is 11.7 Å². The van der Waals surface area contributed by atoms with E-state index in [0.29, 0.717) is 11.3 Å². The zero-order chi connectivity index (χ0) is 14.7. The minimum Gasteiger partial charge on any atom is -0.479 e. The Bertz CT molecular complexity index is 640. The summed E-state index contributed by atoms with van der Waals surface area (Å²) in [6.45, 7) is 3.77. The molecule has 0 bridgehead atoms. The number of rotatable bonds is 4. The van der Waals surface area contributed by atoms with Crippen molar-refractivity contribution in [2.24, 2.45) is 0 Å². The molecule has 2 aromatic rings. The summed E-state index contributed by atoms with van der Waals surface area (Å²) in [5, 5.41) is 12.3. The van der Waals surface area contributed by atoms with E-state index >= 15 is 0 Å². The lowest BCUT2D eigenvalue weighted by Gasteiger charge is -2.18. The van der Waals surface area contributed by atoms with E-state index in [4.69, 9.17) is 0 Å². The standard InChI is InChI=1S/C16H16FNO2/c1-10-6-7-11(2)14(8-10)15(16(19)20)18-13-5-3-4-12(17)9-13/h3-9,15,18H,1-2H3,(H,19,20). The summed E-state index contributed by atoms with van der Waals surface area (Å²) in [7, 11) is 0. The fourth-order valence-electron chi connectivity index (χ4n) is 2.09. The zero-order valence-corrected chi connectivity index (χ0v) is 11.4. The van der Waals surface area contributed by atoms with Gasteiger partial charge >= 0.3 is 5.97 Å². The van der Waals surface area contributed by atoms with Crippen molar-refractivity contribution in [1.82, 2.24) is 0 Å². The number of aliphatic carboxylic acids is 1. The zero-order valence-electron chi connectivity index (χ0n) is 11.4. The average molecular weight is 273 g/mol. The average Bonchev–Trinajstić information content (AvgIpc) is 2.39. The Morgan fingerprint density at radius 3 is 2.60 bits per heavy atom. The summed E-state index contributed by atoms with van der Waals surface area (Å²) in [5.41, 5.74) is 2.99. The molecule has 2 rings (SSSR count). The topological polar surface area (TPSA) is 49.3 Å². The highest BCUT2D eigenvalue weighted by atomic mass is 19.1. The number of carbonyl (C=O) groups is 1. The molecule has 2 N–H and O–H groups in total. The van der Waals surface area contributed by atoms with E-state index in [0.717, 1.165) is 11.1 Å². The van der Waals surface area contributed by atoms with Crippen LogP contribution in [-0.4, -0.2) is 11.1 Å². The summed E-state index contributed by atoms with van der Waals surface area (Å²) in [6, 6.07) is 10.5. The van der Waals surface area contributed by atoms with E-state index in [1.165, 1.54) is 12.1 Å².